The summed E-state index contributed by atoms with van der Waals surface area (Å²) in [5.41, 5.74) is 2.14. The van der Waals surface area contributed by atoms with Gasteiger partial charge in [0.15, 0.2) is 0 Å². The standard InChI is InChI=1S/C21H24F2N4O3S/c1-14(19-26-17-5-3-4-6-18(17)27(19)21(22)23)13-24-20(28)16-9-7-15(8-10-16)11-12-25-31(2,29)30/h3-10,14,21,25H,11-13H2,1-2H3,(H,24,28). The van der Waals surface area contributed by atoms with Crippen LogP contribution in [0.2, 0.25) is 0 Å². The predicted molar refractivity (Wildman–Crippen MR) is 115 cm³/mol. The summed E-state index contributed by atoms with van der Waals surface area (Å²) in [6.45, 7) is -0.578. The molecule has 0 spiro atoms. The summed E-state index contributed by atoms with van der Waals surface area (Å²) in [5, 5.41) is 2.76. The highest BCUT2D eigenvalue weighted by Crippen LogP contribution is 2.27. The molecular weight excluding hydrogens is 426 g/mol. The van der Waals surface area contributed by atoms with Crippen LogP contribution < -0.4 is 10.0 Å². The summed E-state index contributed by atoms with van der Waals surface area (Å²) in [7, 11) is -3.24. The lowest BCUT2D eigenvalue weighted by Crippen LogP contribution is -2.28. The van der Waals surface area contributed by atoms with Crippen LogP contribution in [0.1, 0.15) is 41.1 Å². The third-order valence-corrected chi connectivity index (χ3v) is 5.55. The minimum atomic E-state index is -3.24. The number of nitrogens with zero attached hydrogens (tertiary/aromatic N) is 2. The number of para-hydroxylation sites is 2. The normalized spacial score (nSPS) is 12.9. The van der Waals surface area contributed by atoms with Gasteiger partial charge in [0.1, 0.15) is 5.82 Å². The number of imidazole rings is 1. The fourth-order valence-electron chi connectivity index (χ4n) is 3.26. The molecule has 31 heavy (non-hydrogen) atoms. The summed E-state index contributed by atoms with van der Waals surface area (Å²) in [6, 6.07) is 13.5. The van der Waals surface area contributed by atoms with Gasteiger partial charge in [0.05, 0.1) is 17.3 Å². The largest absolute Gasteiger partial charge is 0.351 e. The van der Waals surface area contributed by atoms with Gasteiger partial charge in [0.25, 0.3) is 5.91 Å². The highest BCUT2D eigenvalue weighted by atomic mass is 32.2. The van der Waals surface area contributed by atoms with Crippen molar-refractivity contribution in [3.63, 3.8) is 0 Å². The average molecular weight is 451 g/mol. The van der Waals surface area contributed by atoms with Crippen molar-refractivity contribution < 1.29 is 22.0 Å². The monoisotopic (exact) mass is 450 g/mol. The molecule has 0 aliphatic rings. The molecule has 0 saturated carbocycles. The van der Waals surface area contributed by atoms with E-state index in [0.717, 1.165) is 16.4 Å². The van der Waals surface area contributed by atoms with Crippen molar-refractivity contribution in [1.82, 2.24) is 19.6 Å². The fraction of sp³-hybridized carbons (Fsp3) is 0.333. The highest BCUT2D eigenvalue weighted by Gasteiger charge is 2.22. The molecule has 3 aromatic rings. The van der Waals surface area contributed by atoms with Crippen LogP contribution in [-0.4, -0.2) is 43.2 Å². The van der Waals surface area contributed by atoms with Gasteiger partial charge in [-0.05, 0) is 36.2 Å². The first-order valence-electron chi connectivity index (χ1n) is 9.72. The number of sulfonamides is 1. The molecule has 7 nitrogen and oxygen atoms in total. The molecule has 0 saturated heterocycles. The second-order valence-electron chi connectivity index (χ2n) is 7.33. The Bertz CT molecular complexity index is 1160. The van der Waals surface area contributed by atoms with Gasteiger partial charge in [-0.2, -0.15) is 8.78 Å². The van der Waals surface area contributed by atoms with E-state index < -0.39 is 22.5 Å². The van der Waals surface area contributed by atoms with Gasteiger partial charge < -0.3 is 5.32 Å². The van der Waals surface area contributed by atoms with Crippen molar-refractivity contribution in [2.24, 2.45) is 0 Å². The molecule has 3 rings (SSSR count). The maximum atomic E-state index is 13.6. The zero-order valence-electron chi connectivity index (χ0n) is 17.2. The smallest absolute Gasteiger partial charge is 0.320 e. The SMILES string of the molecule is CC(CNC(=O)c1ccc(CCNS(C)(=O)=O)cc1)c1nc2ccccc2n1C(F)F. The molecule has 1 amide bonds. The van der Waals surface area contributed by atoms with E-state index in [1.165, 1.54) is 0 Å². The fourth-order valence-corrected chi connectivity index (χ4v) is 3.73. The number of benzene rings is 2. The number of hydrogen-bond acceptors (Lipinski definition) is 4. The quantitative estimate of drug-likeness (QED) is 0.524. The van der Waals surface area contributed by atoms with Crippen LogP contribution in [0.25, 0.3) is 11.0 Å². The molecule has 1 unspecified atom stereocenters. The van der Waals surface area contributed by atoms with Crippen molar-refractivity contribution in [1.29, 1.82) is 0 Å². The van der Waals surface area contributed by atoms with Crippen molar-refractivity contribution >= 4 is 27.0 Å². The van der Waals surface area contributed by atoms with Crippen molar-refractivity contribution in [2.75, 3.05) is 19.3 Å². The van der Waals surface area contributed by atoms with E-state index in [4.69, 9.17) is 0 Å². The van der Waals surface area contributed by atoms with Crippen LogP contribution in [0.5, 0.6) is 0 Å². The molecule has 1 heterocycles. The Hall–Kier alpha value is -2.85. The van der Waals surface area contributed by atoms with E-state index in [1.54, 1.807) is 55.5 Å². The second-order valence-corrected chi connectivity index (χ2v) is 9.16. The molecule has 0 bridgehead atoms. The number of amides is 1. The third kappa shape index (κ3) is 5.86. The lowest BCUT2D eigenvalue weighted by Gasteiger charge is -2.15. The van der Waals surface area contributed by atoms with E-state index in [0.29, 0.717) is 23.0 Å². The lowest BCUT2D eigenvalue weighted by atomic mass is 10.1. The number of carbonyl (C=O) groups is 1. The van der Waals surface area contributed by atoms with Gasteiger partial charge in [0.2, 0.25) is 10.0 Å². The van der Waals surface area contributed by atoms with E-state index in [9.17, 15) is 22.0 Å². The number of aromatic nitrogens is 2. The molecule has 2 aromatic carbocycles. The Morgan fingerprint density at radius 2 is 1.81 bits per heavy atom. The molecule has 0 aliphatic carbocycles. The molecular formula is C21H24F2N4O3S. The van der Waals surface area contributed by atoms with Gasteiger partial charge in [0, 0.05) is 24.6 Å². The van der Waals surface area contributed by atoms with Gasteiger partial charge >= 0.3 is 6.55 Å². The summed E-state index contributed by atoms with van der Waals surface area (Å²) in [4.78, 5) is 16.8. The van der Waals surface area contributed by atoms with Gasteiger partial charge in [-0.25, -0.2) is 18.1 Å². The first kappa shape index (κ1) is 22.8. The number of carbonyl (C=O) groups excluding carboxylic acids is 1. The summed E-state index contributed by atoms with van der Waals surface area (Å²) >= 11 is 0. The first-order chi connectivity index (χ1) is 14.7. The Morgan fingerprint density at radius 1 is 1.13 bits per heavy atom. The number of alkyl halides is 2. The van der Waals surface area contributed by atoms with Crippen LogP contribution >= 0.6 is 0 Å². The summed E-state index contributed by atoms with van der Waals surface area (Å²) in [5.74, 6) is -0.538. The summed E-state index contributed by atoms with van der Waals surface area (Å²) < 4.78 is 52.7. The Labute approximate surface area is 179 Å². The number of halogens is 2. The van der Waals surface area contributed by atoms with E-state index >= 15 is 0 Å². The maximum Gasteiger partial charge on any atom is 0.320 e. The lowest BCUT2D eigenvalue weighted by molar-refractivity contribution is 0.0704. The highest BCUT2D eigenvalue weighted by molar-refractivity contribution is 7.88. The zero-order valence-corrected chi connectivity index (χ0v) is 18.0. The van der Waals surface area contributed by atoms with E-state index in [-0.39, 0.29) is 24.8 Å². The molecule has 0 fully saturated rings. The number of rotatable bonds is 9. The Morgan fingerprint density at radius 3 is 2.45 bits per heavy atom. The Kier molecular flexibility index (Phi) is 7.01. The number of fused-ring (bicyclic) bond motifs is 1. The van der Waals surface area contributed by atoms with Crippen LogP contribution in [-0.2, 0) is 16.4 Å². The molecule has 0 aliphatic heterocycles. The van der Waals surface area contributed by atoms with Crippen molar-refractivity contribution in [3.8, 4) is 0 Å². The first-order valence-corrected chi connectivity index (χ1v) is 11.6. The van der Waals surface area contributed by atoms with Crippen molar-refractivity contribution in [2.45, 2.75) is 25.8 Å². The minimum Gasteiger partial charge on any atom is -0.351 e. The third-order valence-electron chi connectivity index (χ3n) is 4.82. The molecule has 1 aromatic heterocycles. The van der Waals surface area contributed by atoms with Crippen LogP contribution in [0.4, 0.5) is 8.78 Å². The number of hydrogen-bond donors (Lipinski definition) is 2. The molecule has 10 heteroatoms. The topological polar surface area (TPSA) is 93.1 Å². The summed E-state index contributed by atoms with van der Waals surface area (Å²) in [6.07, 6.45) is 1.59. The van der Waals surface area contributed by atoms with Crippen LogP contribution in [0.15, 0.2) is 48.5 Å². The zero-order chi connectivity index (χ0) is 22.6. The van der Waals surface area contributed by atoms with Gasteiger partial charge in [-0.1, -0.05) is 31.2 Å². The van der Waals surface area contributed by atoms with E-state index in [1.807, 2.05) is 0 Å². The predicted octanol–water partition coefficient (Wildman–Crippen LogP) is 3.06. The number of nitrogens with one attached hydrogen (secondary N) is 2. The van der Waals surface area contributed by atoms with Gasteiger partial charge in [-0.15, -0.1) is 0 Å². The van der Waals surface area contributed by atoms with Crippen molar-refractivity contribution in [3.05, 3.63) is 65.5 Å². The molecule has 0 radical (unpaired) electrons. The average Bonchev–Trinajstić information content (AvgIpc) is 3.11. The molecule has 166 valence electrons. The minimum absolute atomic E-state index is 0.148. The molecule has 1 atom stereocenters. The Balaban J connectivity index is 1.62. The van der Waals surface area contributed by atoms with E-state index in [2.05, 4.69) is 15.0 Å². The van der Waals surface area contributed by atoms with Crippen LogP contribution in [0.3, 0.4) is 0 Å². The molecule has 2 N–H and O–H groups in total. The maximum absolute atomic E-state index is 13.6. The van der Waals surface area contributed by atoms with Gasteiger partial charge in [-0.3, -0.25) is 9.36 Å². The second kappa shape index (κ2) is 9.52. The van der Waals surface area contributed by atoms with Crippen LogP contribution in [0, 0.1) is 0 Å².